The highest BCUT2D eigenvalue weighted by molar-refractivity contribution is 5.70. The van der Waals surface area contributed by atoms with Crippen LogP contribution in [0, 0.1) is 5.82 Å². The van der Waals surface area contributed by atoms with Gasteiger partial charge in [0.2, 0.25) is 0 Å². The monoisotopic (exact) mass is 401 g/mol. The Bertz CT molecular complexity index is 828. The van der Waals surface area contributed by atoms with Crippen LogP contribution in [0.15, 0.2) is 42.7 Å². The van der Waals surface area contributed by atoms with Gasteiger partial charge < -0.3 is 19.3 Å². The van der Waals surface area contributed by atoms with Crippen molar-refractivity contribution in [3.05, 3.63) is 48.5 Å². The summed E-state index contributed by atoms with van der Waals surface area (Å²) >= 11 is 0. The molecule has 2 aromatic rings. The fourth-order valence-corrected chi connectivity index (χ4v) is 3.51. The van der Waals surface area contributed by atoms with Gasteiger partial charge in [-0.25, -0.2) is 9.18 Å². The zero-order valence-corrected chi connectivity index (χ0v) is 17.4. The molecule has 156 valence electrons. The number of rotatable bonds is 4. The van der Waals surface area contributed by atoms with Crippen LogP contribution >= 0.6 is 0 Å². The maximum absolute atomic E-state index is 13.5. The molecule has 0 bridgehead atoms. The molecule has 2 heterocycles. The van der Waals surface area contributed by atoms with Crippen molar-refractivity contribution >= 4 is 17.5 Å². The van der Waals surface area contributed by atoms with Gasteiger partial charge in [0, 0.05) is 37.1 Å². The lowest BCUT2D eigenvalue weighted by Gasteiger charge is -2.40. The van der Waals surface area contributed by atoms with Crippen LogP contribution in [-0.2, 0) is 4.74 Å². The van der Waals surface area contributed by atoms with E-state index in [1.165, 1.54) is 12.1 Å². The number of hydrogen-bond donors (Lipinski definition) is 0. The largest absolute Gasteiger partial charge is 0.494 e. The number of aromatic nitrogens is 1. The molecular formula is C22H28FN3O3. The zero-order valence-electron chi connectivity index (χ0n) is 17.4. The summed E-state index contributed by atoms with van der Waals surface area (Å²) in [6, 6.07) is 8.31. The van der Waals surface area contributed by atoms with Crippen LogP contribution in [0.1, 0.15) is 33.6 Å². The van der Waals surface area contributed by atoms with Crippen molar-refractivity contribution in [2.75, 3.05) is 25.1 Å². The standard InChI is InChI=1S/C22H28FN3O3/c1-22(2,3)29-21(27)25-13-10-18(11-14-25)26(17-7-5-16(23)6-8-17)19-15-24-12-9-20(19)28-4/h5-9,12,15,18H,10-11,13-14H2,1-4H3. The smallest absolute Gasteiger partial charge is 0.410 e. The minimum atomic E-state index is -0.517. The summed E-state index contributed by atoms with van der Waals surface area (Å²) in [6.07, 6.45) is 4.63. The number of amides is 1. The number of anilines is 2. The molecule has 1 saturated heterocycles. The van der Waals surface area contributed by atoms with Crippen molar-refractivity contribution in [2.24, 2.45) is 0 Å². The first kappa shape index (κ1) is 20.9. The Labute approximate surface area is 171 Å². The minimum Gasteiger partial charge on any atom is -0.494 e. The number of pyridine rings is 1. The summed E-state index contributed by atoms with van der Waals surface area (Å²) in [5, 5.41) is 0. The molecule has 0 spiro atoms. The van der Waals surface area contributed by atoms with Gasteiger partial charge in [-0.1, -0.05) is 0 Å². The summed E-state index contributed by atoms with van der Waals surface area (Å²) < 4.78 is 24.5. The summed E-state index contributed by atoms with van der Waals surface area (Å²) in [5.41, 5.74) is 1.16. The lowest BCUT2D eigenvalue weighted by Crippen LogP contribution is -2.47. The Hall–Kier alpha value is -2.83. The predicted octanol–water partition coefficient (Wildman–Crippen LogP) is 4.77. The number of benzene rings is 1. The lowest BCUT2D eigenvalue weighted by atomic mass is 10.0. The normalized spacial score (nSPS) is 15.1. The Kier molecular flexibility index (Phi) is 6.25. The number of piperidine rings is 1. The molecular weight excluding hydrogens is 373 g/mol. The molecule has 1 aliphatic rings. The van der Waals surface area contributed by atoms with E-state index in [2.05, 4.69) is 9.88 Å². The molecule has 1 fully saturated rings. The third-order valence-corrected chi connectivity index (χ3v) is 4.83. The van der Waals surface area contributed by atoms with Crippen molar-refractivity contribution in [2.45, 2.75) is 45.3 Å². The third-order valence-electron chi connectivity index (χ3n) is 4.83. The van der Waals surface area contributed by atoms with Gasteiger partial charge in [0.1, 0.15) is 22.9 Å². The van der Waals surface area contributed by atoms with E-state index in [-0.39, 0.29) is 18.0 Å². The summed E-state index contributed by atoms with van der Waals surface area (Å²) in [6.45, 7) is 6.76. The molecule has 0 saturated carbocycles. The van der Waals surface area contributed by atoms with Crippen LogP contribution in [0.5, 0.6) is 5.75 Å². The number of methoxy groups -OCH3 is 1. The highest BCUT2D eigenvalue weighted by Crippen LogP contribution is 2.37. The predicted molar refractivity (Wildman–Crippen MR) is 110 cm³/mol. The molecule has 1 aromatic carbocycles. The molecule has 29 heavy (non-hydrogen) atoms. The molecule has 0 radical (unpaired) electrons. The molecule has 0 atom stereocenters. The second kappa shape index (κ2) is 8.68. The highest BCUT2D eigenvalue weighted by atomic mass is 19.1. The van der Waals surface area contributed by atoms with Crippen molar-refractivity contribution in [3.63, 3.8) is 0 Å². The van der Waals surface area contributed by atoms with Crippen molar-refractivity contribution in [1.29, 1.82) is 0 Å². The molecule has 7 heteroatoms. The summed E-state index contributed by atoms with van der Waals surface area (Å²) in [7, 11) is 1.62. The maximum atomic E-state index is 13.5. The van der Waals surface area contributed by atoms with E-state index in [1.807, 2.05) is 26.8 Å². The number of halogens is 1. The van der Waals surface area contributed by atoms with Crippen molar-refractivity contribution in [1.82, 2.24) is 9.88 Å². The SMILES string of the molecule is COc1ccncc1N(c1ccc(F)cc1)C1CCN(C(=O)OC(C)(C)C)CC1. The molecule has 1 aliphatic heterocycles. The molecule has 1 aromatic heterocycles. The second-order valence-electron chi connectivity index (χ2n) is 8.09. The third kappa shape index (κ3) is 5.16. The number of likely N-dealkylation sites (tertiary alicyclic amines) is 1. The fraction of sp³-hybridized carbons (Fsp3) is 0.455. The van der Waals surface area contributed by atoms with Crippen LogP contribution in [0.3, 0.4) is 0 Å². The average molecular weight is 401 g/mol. The van der Waals surface area contributed by atoms with Gasteiger partial charge in [-0.15, -0.1) is 0 Å². The van der Waals surface area contributed by atoms with E-state index in [9.17, 15) is 9.18 Å². The quantitative estimate of drug-likeness (QED) is 0.739. The summed E-state index contributed by atoms with van der Waals surface area (Å²) in [5.74, 6) is 0.408. The van der Waals surface area contributed by atoms with Crippen LogP contribution in [-0.4, -0.2) is 47.8 Å². The van der Waals surface area contributed by atoms with Crippen LogP contribution in [0.2, 0.25) is 0 Å². The Morgan fingerprint density at radius 1 is 1.17 bits per heavy atom. The Morgan fingerprint density at radius 3 is 2.41 bits per heavy atom. The maximum Gasteiger partial charge on any atom is 0.410 e. The van der Waals surface area contributed by atoms with E-state index in [4.69, 9.17) is 9.47 Å². The van der Waals surface area contributed by atoms with Crippen LogP contribution < -0.4 is 9.64 Å². The van der Waals surface area contributed by atoms with Gasteiger partial charge in [0.15, 0.2) is 0 Å². The topological polar surface area (TPSA) is 54.9 Å². The van der Waals surface area contributed by atoms with Gasteiger partial charge in [-0.3, -0.25) is 4.98 Å². The molecule has 3 rings (SSSR count). The van der Waals surface area contributed by atoms with Gasteiger partial charge in [-0.05, 0) is 57.9 Å². The van der Waals surface area contributed by atoms with E-state index in [0.29, 0.717) is 18.8 Å². The van der Waals surface area contributed by atoms with E-state index >= 15 is 0 Å². The zero-order chi connectivity index (χ0) is 21.0. The van der Waals surface area contributed by atoms with Gasteiger partial charge in [0.25, 0.3) is 0 Å². The number of ether oxygens (including phenoxy) is 2. The van der Waals surface area contributed by atoms with Gasteiger partial charge >= 0.3 is 6.09 Å². The van der Waals surface area contributed by atoms with Gasteiger partial charge in [-0.2, -0.15) is 0 Å². The number of carbonyl (C=O) groups is 1. The average Bonchev–Trinajstić information content (AvgIpc) is 2.69. The number of carbonyl (C=O) groups excluding carboxylic acids is 1. The highest BCUT2D eigenvalue weighted by Gasteiger charge is 2.31. The summed E-state index contributed by atoms with van der Waals surface area (Å²) in [4.78, 5) is 20.5. The first-order chi connectivity index (χ1) is 13.8. The number of hydrogen-bond acceptors (Lipinski definition) is 5. The van der Waals surface area contributed by atoms with Crippen molar-refractivity contribution in [3.8, 4) is 5.75 Å². The van der Waals surface area contributed by atoms with E-state index in [0.717, 1.165) is 24.2 Å². The fourth-order valence-electron chi connectivity index (χ4n) is 3.51. The van der Waals surface area contributed by atoms with Crippen LogP contribution in [0.25, 0.3) is 0 Å². The Morgan fingerprint density at radius 2 is 1.83 bits per heavy atom. The number of nitrogens with zero attached hydrogens (tertiary/aromatic N) is 3. The second-order valence-corrected chi connectivity index (χ2v) is 8.09. The first-order valence-electron chi connectivity index (χ1n) is 9.79. The van der Waals surface area contributed by atoms with E-state index < -0.39 is 5.60 Å². The van der Waals surface area contributed by atoms with E-state index in [1.54, 1.807) is 36.5 Å². The first-order valence-corrected chi connectivity index (χ1v) is 9.79. The minimum absolute atomic E-state index is 0.109. The molecule has 6 nitrogen and oxygen atoms in total. The molecule has 0 N–H and O–H groups in total. The van der Waals surface area contributed by atoms with Crippen molar-refractivity contribution < 1.29 is 18.7 Å². The lowest BCUT2D eigenvalue weighted by molar-refractivity contribution is 0.0206. The molecule has 0 aliphatic carbocycles. The van der Waals surface area contributed by atoms with Crippen LogP contribution in [0.4, 0.5) is 20.6 Å². The molecule has 1 amide bonds. The molecule has 0 unspecified atom stereocenters. The Balaban J connectivity index is 1.83. The van der Waals surface area contributed by atoms with Gasteiger partial charge in [0.05, 0.1) is 13.3 Å².